The minimum Gasteiger partial charge on any atom is -0.381 e. The van der Waals surface area contributed by atoms with Gasteiger partial charge in [0.2, 0.25) is 0 Å². The number of nitrogens with one attached hydrogen (secondary N) is 1. The molecule has 0 amide bonds. The molecule has 2 aliphatic rings. The maximum atomic E-state index is 5.49. The van der Waals surface area contributed by atoms with E-state index in [9.17, 15) is 0 Å². The minimum atomic E-state index is 0.428. The number of nitrogens with two attached hydrogens (primary N) is 1. The van der Waals surface area contributed by atoms with Crippen LogP contribution in [0.2, 0.25) is 0 Å². The average Bonchev–Trinajstić information content (AvgIpc) is 2.55. The molecule has 0 saturated carbocycles. The zero-order valence-corrected chi connectivity index (χ0v) is 6.42. The summed E-state index contributed by atoms with van der Waals surface area (Å²) in [6.45, 7) is 2.57. The Morgan fingerprint density at radius 3 is 3.09 bits per heavy atom. The van der Waals surface area contributed by atoms with E-state index in [1.54, 1.807) is 0 Å². The lowest BCUT2D eigenvalue weighted by atomic mass is 10.0. The fourth-order valence-corrected chi connectivity index (χ4v) is 1.61. The first-order valence-electron chi connectivity index (χ1n) is 4.00. The van der Waals surface area contributed by atoms with E-state index < -0.39 is 0 Å². The molecule has 2 rings (SSSR count). The first kappa shape index (κ1) is 6.91. The maximum absolute atomic E-state index is 5.49. The second kappa shape index (κ2) is 2.70. The van der Waals surface area contributed by atoms with E-state index in [0.717, 1.165) is 26.2 Å². The smallest absolute Gasteiger partial charge is 0.188 e. The summed E-state index contributed by atoms with van der Waals surface area (Å²) in [6.07, 6.45) is 1.14. The monoisotopic (exact) mass is 155 g/mol. The molecule has 0 aromatic heterocycles. The Morgan fingerprint density at radius 2 is 2.55 bits per heavy atom. The summed E-state index contributed by atoms with van der Waals surface area (Å²) in [7, 11) is 0. The van der Waals surface area contributed by atoms with Gasteiger partial charge in [-0.25, -0.2) is 0 Å². The summed E-state index contributed by atoms with van der Waals surface area (Å²) < 4.78 is 5.27. The molecule has 2 aliphatic heterocycles. The van der Waals surface area contributed by atoms with Crippen molar-refractivity contribution in [3.63, 3.8) is 0 Å². The van der Waals surface area contributed by atoms with Crippen molar-refractivity contribution in [1.82, 2.24) is 5.32 Å². The Bertz CT molecular complexity index is 175. The van der Waals surface area contributed by atoms with Gasteiger partial charge in [0.05, 0.1) is 19.2 Å². The van der Waals surface area contributed by atoms with Gasteiger partial charge in [0.25, 0.3) is 0 Å². The second-order valence-corrected chi connectivity index (χ2v) is 3.10. The highest BCUT2D eigenvalue weighted by Crippen LogP contribution is 2.18. The van der Waals surface area contributed by atoms with Crippen LogP contribution in [0.25, 0.3) is 0 Å². The van der Waals surface area contributed by atoms with Gasteiger partial charge in [0, 0.05) is 12.5 Å². The van der Waals surface area contributed by atoms with Gasteiger partial charge in [0.1, 0.15) is 0 Å². The molecule has 0 radical (unpaired) electrons. The van der Waals surface area contributed by atoms with Gasteiger partial charge in [-0.15, -0.1) is 0 Å². The van der Waals surface area contributed by atoms with E-state index in [-0.39, 0.29) is 0 Å². The van der Waals surface area contributed by atoms with Crippen LogP contribution in [0.3, 0.4) is 0 Å². The van der Waals surface area contributed by atoms with Crippen molar-refractivity contribution in [1.29, 1.82) is 0 Å². The highest BCUT2D eigenvalue weighted by molar-refractivity contribution is 5.79. The molecule has 11 heavy (non-hydrogen) atoms. The molecule has 1 fully saturated rings. The van der Waals surface area contributed by atoms with Crippen molar-refractivity contribution in [2.75, 3.05) is 19.8 Å². The third-order valence-electron chi connectivity index (χ3n) is 2.33. The number of guanidine groups is 1. The summed E-state index contributed by atoms with van der Waals surface area (Å²) in [5, 5.41) is 3.14. The van der Waals surface area contributed by atoms with Crippen LogP contribution in [0.4, 0.5) is 0 Å². The van der Waals surface area contributed by atoms with Crippen LogP contribution in [-0.4, -0.2) is 31.8 Å². The van der Waals surface area contributed by atoms with E-state index in [2.05, 4.69) is 10.3 Å². The Morgan fingerprint density at radius 1 is 1.64 bits per heavy atom. The molecule has 0 aromatic rings. The van der Waals surface area contributed by atoms with E-state index in [0.29, 0.717) is 17.9 Å². The van der Waals surface area contributed by atoms with Crippen molar-refractivity contribution < 1.29 is 4.74 Å². The van der Waals surface area contributed by atoms with E-state index in [1.807, 2.05) is 0 Å². The summed E-state index contributed by atoms with van der Waals surface area (Å²) in [6, 6.07) is 0.428. The molecule has 4 nitrogen and oxygen atoms in total. The Kier molecular flexibility index (Phi) is 1.69. The van der Waals surface area contributed by atoms with E-state index in [1.165, 1.54) is 0 Å². The normalized spacial score (nSPS) is 36.9. The molecule has 1 saturated heterocycles. The Labute approximate surface area is 65.8 Å². The third-order valence-corrected chi connectivity index (χ3v) is 2.33. The lowest BCUT2D eigenvalue weighted by Gasteiger charge is -2.15. The van der Waals surface area contributed by atoms with Crippen molar-refractivity contribution in [2.45, 2.75) is 12.5 Å². The van der Waals surface area contributed by atoms with Crippen LogP contribution in [0, 0.1) is 5.92 Å². The van der Waals surface area contributed by atoms with Gasteiger partial charge in [-0.3, -0.25) is 4.99 Å². The van der Waals surface area contributed by atoms with Gasteiger partial charge in [0.15, 0.2) is 5.96 Å². The minimum absolute atomic E-state index is 0.428. The summed E-state index contributed by atoms with van der Waals surface area (Å²) in [5.41, 5.74) is 5.49. The van der Waals surface area contributed by atoms with Gasteiger partial charge < -0.3 is 15.8 Å². The predicted octanol–water partition coefficient (Wildman–Crippen LogP) is -0.691. The standard InChI is InChI=1S/C7H13N3O/c8-7-9-3-6(10-7)5-1-2-11-4-5/h5-6H,1-4H2,(H3,8,9,10). The number of aliphatic imine (C=N–C) groups is 1. The molecular weight excluding hydrogens is 142 g/mol. The number of nitrogens with zero attached hydrogens (tertiary/aromatic N) is 1. The van der Waals surface area contributed by atoms with Crippen molar-refractivity contribution in [3.05, 3.63) is 0 Å². The molecule has 62 valence electrons. The topological polar surface area (TPSA) is 59.6 Å². The van der Waals surface area contributed by atoms with E-state index >= 15 is 0 Å². The molecule has 0 aromatic carbocycles. The van der Waals surface area contributed by atoms with Crippen LogP contribution in [-0.2, 0) is 4.74 Å². The fourth-order valence-electron chi connectivity index (χ4n) is 1.61. The zero-order valence-electron chi connectivity index (χ0n) is 6.42. The largest absolute Gasteiger partial charge is 0.381 e. The zero-order chi connectivity index (χ0) is 7.68. The number of rotatable bonds is 1. The Hall–Kier alpha value is -0.770. The highest BCUT2D eigenvalue weighted by Gasteiger charge is 2.28. The first-order chi connectivity index (χ1) is 5.36. The van der Waals surface area contributed by atoms with Crippen LogP contribution >= 0.6 is 0 Å². The molecule has 4 heteroatoms. The molecule has 2 unspecified atom stereocenters. The molecule has 0 spiro atoms. The molecule has 2 atom stereocenters. The number of hydrogen-bond acceptors (Lipinski definition) is 4. The van der Waals surface area contributed by atoms with Gasteiger partial charge in [-0.1, -0.05) is 0 Å². The highest BCUT2D eigenvalue weighted by atomic mass is 16.5. The predicted molar refractivity (Wildman–Crippen MR) is 42.3 cm³/mol. The van der Waals surface area contributed by atoms with Crippen LogP contribution in [0.15, 0.2) is 4.99 Å². The molecule has 3 N–H and O–H groups in total. The van der Waals surface area contributed by atoms with Crippen molar-refractivity contribution in [3.8, 4) is 0 Å². The number of ether oxygens (including phenoxy) is 1. The van der Waals surface area contributed by atoms with Gasteiger partial charge in [-0.05, 0) is 6.42 Å². The molecular formula is C7H13N3O. The lowest BCUT2D eigenvalue weighted by molar-refractivity contribution is 0.180. The van der Waals surface area contributed by atoms with Crippen molar-refractivity contribution >= 4 is 5.96 Å². The summed E-state index contributed by atoms with van der Waals surface area (Å²) in [5.74, 6) is 1.20. The van der Waals surface area contributed by atoms with Gasteiger partial charge >= 0.3 is 0 Å². The maximum Gasteiger partial charge on any atom is 0.188 e. The number of hydrogen-bond donors (Lipinski definition) is 2. The first-order valence-corrected chi connectivity index (χ1v) is 4.00. The van der Waals surface area contributed by atoms with Crippen LogP contribution in [0.5, 0.6) is 0 Å². The lowest BCUT2D eigenvalue weighted by Crippen LogP contribution is -2.40. The molecule has 0 bridgehead atoms. The van der Waals surface area contributed by atoms with Crippen molar-refractivity contribution in [2.24, 2.45) is 16.6 Å². The summed E-state index contributed by atoms with van der Waals surface area (Å²) in [4.78, 5) is 4.09. The fraction of sp³-hybridized carbons (Fsp3) is 0.857. The second-order valence-electron chi connectivity index (χ2n) is 3.10. The van der Waals surface area contributed by atoms with E-state index in [4.69, 9.17) is 10.5 Å². The molecule has 2 heterocycles. The quantitative estimate of drug-likeness (QED) is 0.527. The third kappa shape index (κ3) is 1.30. The average molecular weight is 155 g/mol. The van der Waals surface area contributed by atoms with Crippen LogP contribution in [0.1, 0.15) is 6.42 Å². The molecule has 0 aliphatic carbocycles. The Balaban J connectivity index is 1.88. The summed E-state index contributed by atoms with van der Waals surface area (Å²) >= 11 is 0. The SMILES string of the molecule is NC1=NCC(C2CCOC2)N1. The van der Waals surface area contributed by atoms with Gasteiger partial charge in [-0.2, -0.15) is 0 Å². The van der Waals surface area contributed by atoms with Crippen LogP contribution < -0.4 is 11.1 Å².